The number of pyridine rings is 1. The van der Waals surface area contributed by atoms with Crippen LogP contribution in [0.5, 0.6) is 0 Å². The first kappa shape index (κ1) is 22.6. The Morgan fingerprint density at radius 3 is 2.64 bits per heavy atom. The number of nitrogens with zero attached hydrogens (tertiary/aromatic N) is 9. The molecular formula is C22H17Cl2FN10O. The van der Waals surface area contributed by atoms with Gasteiger partial charge in [0.25, 0.3) is 5.95 Å². The second-order valence-electron chi connectivity index (χ2n) is 8.73. The highest BCUT2D eigenvalue weighted by Crippen LogP contribution is 2.50. The van der Waals surface area contributed by atoms with Gasteiger partial charge in [-0.15, -0.1) is 9.90 Å². The van der Waals surface area contributed by atoms with Crippen molar-refractivity contribution >= 4 is 40.4 Å². The molecule has 6 rings (SSSR count). The molecule has 36 heavy (non-hydrogen) atoms. The second kappa shape index (κ2) is 8.07. The Labute approximate surface area is 212 Å². The average Bonchev–Trinajstić information content (AvgIpc) is 3.63. The van der Waals surface area contributed by atoms with Crippen molar-refractivity contribution in [3.8, 4) is 5.82 Å². The van der Waals surface area contributed by atoms with E-state index in [9.17, 15) is 9.18 Å². The SMILES string of the molecule is Cn1cc(C2(C)CC(C(=O)Nc3cnc(-n4nccn4)c(Cl)c3)c3cnc4c(Cl)c(F)nn4c32)cn1. The molecule has 5 aromatic heterocycles. The van der Waals surface area contributed by atoms with Gasteiger partial charge in [-0.1, -0.05) is 23.2 Å². The number of halogens is 3. The van der Waals surface area contributed by atoms with E-state index in [0.717, 1.165) is 5.56 Å². The molecule has 1 N–H and O–H groups in total. The summed E-state index contributed by atoms with van der Waals surface area (Å²) in [6, 6.07) is 1.57. The topological polar surface area (TPSA) is 121 Å². The minimum atomic E-state index is -0.827. The minimum absolute atomic E-state index is 0.174. The predicted molar refractivity (Wildman–Crippen MR) is 128 cm³/mol. The van der Waals surface area contributed by atoms with Crippen molar-refractivity contribution in [3.05, 3.63) is 76.1 Å². The monoisotopic (exact) mass is 526 g/mol. The number of fused-ring (bicyclic) bond motifs is 3. The van der Waals surface area contributed by atoms with Gasteiger partial charge in [-0.25, -0.2) is 14.5 Å². The van der Waals surface area contributed by atoms with Crippen LogP contribution in [0.2, 0.25) is 10.0 Å². The van der Waals surface area contributed by atoms with Crippen LogP contribution in [0.25, 0.3) is 11.5 Å². The third kappa shape index (κ3) is 3.36. The lowest BCUT2D eigenvalue weighted by atomic mass is 9.80. The van der Waals surface area contributed by atoms with Crippen molar-refractivity contribution in [2.24, 2.45) is 7.05 Å². The molecule has 1 aliphatic rings. The van der Waals surface area contributed by atoms with E-state index < -0.39 is 17.3 Å². The zero-order valence-electron chi connectivity index (χ0n) is 18.9. The largest absolute Gasteiger partial charge is 0.324 e. The van der Waals surface area contributed by atoms with E-state index in [-0.39, 0.29) is 21.6 Å². The smallest absolute Gasteiger partial charge is 0.253 e. The van der Waals surface area contributed by atoms with Crippen molar-refractivity contribution < 1.29 is 9.18 Å². The van der Waals surface area contributed by atoms with Crippen molar-refractivity contribution in [2.45, 2.75) is 24.7 Å². The number of amides is 1. The molecule has 0 saturated carbocycles. The normalized spacial score (nSPS) is 19.1. The van der Waals surface area contributed by atoms with Crippen molar-refractivity contribution in [1.82, 2.24) is 44.4 Å². The van der Waals surface area contributed by atoms with E-state index in [1.165, 1.54) is 27.9 Å². The zero-order valence-corrected chi connectivity index (χ0v) is 20.4. The van der Waals surface area contributed by atoms with Crippen LogP contribution in [0.15, 0.2) is 43.2 Å². The summed E-state index contributed by atoms with van der Waals surface area (Å²) >= 11 is 12.5. The van der Waals surface area contributed by atoms with Crippen molar-refractivity contribution in [2.75, 3.05) is 5.32 Å². The molecule has 2 unspecified atom stereocenters. The molecule has 11 nitrogen and oxygen atoms in total. The Morgan fingerprint density at radius 2 is 1.94 bits per heavy atom. The Kier molecular flexibility index (Phi) is 5.05. The van der Waals surface area contributed by atoms with E-state index >= 15 is 0 Å². The van der Waals surface area contributed by atoms with Crippen molar-refractivity contribution in [1.29, 1.82) is 0 Å². The van der Waals surface area contributed by atoms with Gasteiger partial charge in [-0.3, -0.25) is 9.48 Å². The fourth-order valence-corrected chi connectivity index (χ4v) is 5.17. The molecule has 5 heterocycles. The fraction of sp³-hybridized carbons (Fsp3) is 0.227. The maximum Gasteiger partial charge on any atom is 0.253 e. The number of aromatic nitrogens is 9. The third-order valence-corrected chi connectivity index (χ3v) is 7.05. The molecule has 5 aromatic rings. The van der Waals surface area contributed by atoms with Gasteiger partial charge in [0.15, 0.2) is 11.5 Å². The van der Waals surface area contributed by atoms with Gasteiger partial charge >= 0.3 is 0 Å². The number of hydrogen-bond donors (Lipinski definition) is 1. The first-order valence-corrected chi connectivity index (χ1v) is 11.6. The maximum atomic E-state index is 14.3. The molecular weight excluding hydrogens is 510 g/mol. The van der Waals surface area contributed by atoms with E-state index in [2.05, 4.69) is 35.7 Å². The Balaban J connectivity index is 1.40. The molecule has 14 heteroatoms. The highest BCUT2D eigenvalue weighted by molar-refractivity contribution is 6.33. The van der Waals surface area contributed by atoms with Gasteiger partial charge in [-0.05, 0) is 19.4 Å². The second-order valence-corrected chi connectivity index (χ2v) is 9.52. The van der Waals surface area contributed by atoms with Gasteiger partial charge in [0.1, 0.15) is 5.02 Å². The van der Waals surface area contributed by atoms with Gasteiger partial charge in [0.2, 0.25) is 5.91 Å². The van der Waals surface area contributed by atoms with E-state index in [1.54, 1.807) is 30.2 Å². The standard InChI is InChI=1S/C22H17Cl2FN10O/c1-22(11-7-30-33(2)10-11)6-13(14-9-27-20-16(24)18(25)32-34(20)17(14)22)21(36)31-12-5-15(23)19(26-8-12)35-28-3-4-29-35/h3-5,7-10,13H,6H2,1-2H3,(H,31,36). The number of anilines is 1. The summed E-state index contributed by atoms with van der Waals surface area (Å²) in [5.41, 5.74) is 1.95. The van der Waals surface area contributed by atoms with Gasteiger partial charge in [0, 0.05) is 36.0 Å². The molecule has 0 saturated heterocycles. The van der Waals surface area contributed by atoms with E-state index in [1.807, 2.05) is 13.1 Å². The molecule has 0 aliphatic heterocycles. The summed E-state index contributed by atoms with van der Waals surface area (Å²) < 4.78 is 17.4. The first-order valence-electron chi connectivity index (χ1n) is 10.8. The number of rotatable bonds is 4. The highest BCUT2D eigenvalue weighted by atomic mass is 35.5. The van der Waals surface area contributed by atoms with Crippen LogP contribution < -0.4 is 5.32 Å². The number of nitrogens with one attached hydrogen (secondary N) is 1. The summed E-state index contributed by atoms with van der Waals surface area (Å²) in [4.78, 5) is 23.4. The number of carbonyl (C=O) groups is 1. The molecule has 2 atom stereocenters. The highest BCUT2D eigenvalue weighted by Gasteiger charge is 2.48. The Morgan fingerprint density at radius 1 is 1.17 bits per heavy atom. The lowest BCUT2D eigenvalue weighted by Gasteiger charge is -2.24. The molecule has 0 bridgehead atoms. The average molecular weight is 527 g/mol. The first-order chi connectivity index (χ1) is 17.3. The van der Waals surface area contributed by atoms with Gasteiger partial charge in [-0.2, -0.15) is 19.7 Å². The minimum Gasteiger partial charge on any atom is -0.324 e. The molecule has 1 aliphatic carbocycles. The fourth-order valence-electron chi connectivity index (χ4n) is 4.76. The van der Waals surface area contributed by atoms with Gasteiger partial charge < -0.3 is 5.32 Å². The van der Waals surface area contributed by atoms with Crippen LogP contribution in [0.4, 0.5) is 10.1 Å². The predicted octanol–water partition coefficient (Wildman–Crippen LogP) is 3.32. The number of aryl methyl sites for hydroxylation is 1. The van der Waals surface area contributed by atoms with E-state index in [4.69, 9.17) is 23.2 Å². The number of hydrogen-bond acceptors (Lipinski definition) is 7. The van der Waals surface area contributed by atoms with Crippen LogP contribution in [0.3, 0.4) is 0 Å². The zero-order chi connectivity index (χ0) is 25.2. The van der Waals surface area contributed by atoms with Crippen LogP contribution in [0.1, 0.15) is 36.1 Å². The maximum absolute atomic E-state index is 14.3. The molecule has 0 radical (unpaired) electrons. The Hall–Kier alpha value is -3.90. The summed E-state index contributed by atoms with van der Waals surface area (Å²) in [7, 11) is 1.80. The van der Waals surface area contributed by atoms with E-state index in [0.29, 0.717) is 29.2 Å². The summed E-state index contributed by atoms with van der Waals surface area (Å²) in [6.45, 7) is 1.97. The molecule has 182 valence electrons. The molecule has 0 spiro atoms. The molecule has 1 amide bonds. The summed E-state index contributed by atoms with van der Waals surface area (Å²) in [5, 5.41) is 19.3. The van der Waals surface area contributed by atoms with Crippen LogP contribution in [-0.4, -0.2) is 50.3 Å². The van der Waals surface area contributed by atoms with Crippen molar-refractivity contribution in [3.63, 3.8) is 0 Å². The third-order valence-electron chi connectivity index (χ3n) is 6.44. The molecule has 0 fully saturated rings. The Bertz CT molecular complexity index is 1650. The van der Waals surface area contributed by atoms with Crippen LogP contribution in [-0.2, 0) is 17.3 Å². The summed E-state index contributed by atoms with van der Waals surface area (Å²) in [5.74, 6) is -1.42. The summed E-state index contributed by atoms with van der Waals surface area (Å²) in [6.07, 6.45) is 10.0. The number of carbonyl (C=O) groups excluding carboxylic acids is 1. The molecule has 0 aromatic carbocycles. The quantitative estimate of drug-likeness (QED) is 0.381. The lowest BCUT2D eigenvalue weighted by molar-refractivity contribution is -0.117. The van der Waals surface area contributed by atoms with Crippen LogP contribution in [0, 0.1) is 5.95 Å². The lowest BCUT2D eigenvalue weighted by Crippen LogP contribution is -2.25. The van der Waals surface area contributed by atoms with Crippen LogP contribution >= 0.6 is 23.2 Å². The van der Waals surface area contributed by atoms with Gasteiger partial charge in [0.05, 0.1) is 47.1 Å².